The molecule has 1 atom stereocenters. The van der Waals surface area contributed by atoms with Crippen molar-refractivity contribution >= 4 is 10.8 Å². The van der Waals surface area contributed by atoms with Crippen LogP contribution >= 0.6 is 0 Å². The Morgan fingerprint density at radius 3 is 2.20 bits per heavy atom. The van der Waals surface area contributed by atoms with Crippen LogP contribution in [0.5, 0.6) is 0 Å². The second kappa shape index (κ2) is 16.0. The van der Waals surface area contributed by atoms with Crippen LogP contribution in [0.1, 0.15) is 107 Å². The minimum Gasteiger partial charge on any atom is -0.255 e. The number of benzene rings is 5. The van der Waals surface area contributed by atoms with Crippen LogP contribution in [0.4, 0.5) is 0 Å². The molecule has 0 bridgehead atoms. The highest BCUT2D eigenvalue weighted by molar-refractivity contribution is 6.02. The molecule has 1 unspecified atom stereocenters. The van der Waals surface area contributed by atoms with Gasteiger partial charge in [-0.25, -0.2) is 15.0 Å². The largest absolute Gasteiger partial charge is 0.255 e. The van der Waals surface area contributed by atoms with Crippen molar-refractivity contribution in [2.75, 3.05) is 0 Å². The number of hydrogen-bond donors (Lipinski definition) is 0. The van der Waals surface area contributed by atoms with E-state index in [0.29, 0.717) is 17.6 Å². The normalized spacial score (nSPS) is 15.5. The molecule has 2 aliphatic carbocycles. The zero-order chi connectivity index (χ0) is 40.6. The highest BCUT2D eigenvalue weighted by Gasteiger charge is 2.36. The molecule has 0 spiro atoms. The number of aryl methyl sites for hydroxylation is 1. The summed E-state index contributed by atoms with van der Waals surface area (Å²) >= 11 is 0. The predicted molar refractivity (Wildman–Crippen MR) is 246 cm³/mol. The number of fused-ring (bicyclic) bond motifs is 5. The van der Waals surface area contributed by atoms with Gasteiger partial charge in [-0.1, -0.05) is 168 Å². The fourth-order valence-corrected chi connectivity index (χ4v) is 9.04. The van der Waals surface area contributed by atoms with Crippen LogP contribution in [-0.4, -0.2) is 19.9 Å². The molecule has 4 nitrogen and oxygen atoms in total. The topological polar surface area (TPSA) is 51.6 Å². The van der Waals surface area contributed by atoms with Gasteiger partial charge in [0.15, 0.2) is 11.6 Å². The van der Waals surface area contributed by atoms with Gasteiger partial charge in [0.1, 0.15) is 5.82 Å². The van der Waals surface area contributed by atoms with Gasteiger partial charge in [-0.05, 0) is 101 Å². The Kier molecular flexibility index (Phi) is 10.4. The molecule has 0 N–H and O–H groups in total. The number of hydrogen-bond acceptors (Lipinski definition) is 4. The number of aromatic nitrogens is 4. The van der Waals surface area contributed by atoms with Crippen molar-refractivity contribution in [1.29, 1.82) is 0 Å². The molecule has 0 saturated carbocycles. The molecule has 0 saturated heterocycles. The van der Waals surface area contributed by atoms with E-state index < -0.39 is 0 Å². The number of rotatable bonds is 11. The Hall–Kier alpha value is -6.00. The number of nitrogens with zero attached hydrogens (tertiary/aromatic N) is 4. The quantitative estimate of drug-likeness (QED) is 0.123. The molecule has 0 aliphatic heterocycles. The van der Waals surface area contributed by atoms with Crippen molar-refractivity contribution in [2.24, 2.45) is 0 Å². The minimum absolute atomic E-state index is 0.109. The Labute approximate surface area is 350 Å². The van der Waals surface area contributed by atoms with Gasteiger partial charge in [0.2, 0.25) is 0 Å². The second-order valence-electron chi connectivity index (χ2n) is 18.1. The molecule has 4 heteroatoms. The van der Waals surface area contributed by atoms with E-state index in [4.69, 9.17) is 19.9 Å². The van der Waals surface area contributed by atoms with E-state index in [1.165, 1.54) is 81.8 Å². The summed E-state index contributed by atoms with van der Waals surface area (Å²) in [5, 5.41) is 2.59. The summed E-state index contributed by atoms with van der Waals surface area (Å²) in [5.74, 6) is 2.45. The van der Waals surface area contributed by atoms with Crippen LogP contribution in [-0.2, 0) is 17.3 Å². The molecule has 2 aliphatic rings. The van der Waals surface area contributed by atoms with Gasteiger partial charge in [0.25, 0.3) is 0 Å². The van der Waals surface area contributed by atoms with Crippen LogP contribution < -0.4 is 0 Å². The van der Waals surface area contributed by atoms with E-state index in [0.717, 1.165) is 41.1 Å². The Bertz CT molecular complexity index is 2700. The zero-order valence-corrected chi connectivity index (χ0v) is 35.2. The van der Waals surface area contributed by atoms with Crippen LogP contribution in [0.3, 0.4) is 0 Å². The molecule has 0 radical (unpaired) electrons. The summed E-state index contributed by atoms with van der Waals surface area (Å²) in [4.78, 5) is 20.2. The molecule has 2 aromatic heterocycles. The van der Waals surface area contributed by atoms with Gasteiger partial charge in [0.05, 0.1) is 5.69 Å². The Morgan fingerprint density at radius 2 is 1.41 bits per heavy atom. The molecular weight excluding hydrogens is 717 g/mol. The fourth-order valence-electron chi connectivity index (χ4n) is 9.04. The molecular formula is C55H54N4. The average molecular weight is 771 g/mol. The number of pyridine rings is 1. The van der Waals surface area contributed by atoms with Crippen molar-refractivity contribution in [1.82, 2.24) is 19.9 Å². The van der Waals surface area contributed by atoms with Crippen molar-refractivity contribution in [2.45, 2.75) is 96.3 Å². The molecule has 9 rings (SSSR count). The van der Waals surface area contributed by atoms with Gasteiger partial charge in [0, 0.05) is 39.6 Å². The lowest BCUT2D eigenvalue weighted by Gasteiger charge is -2.22. The SMILES string of the molecule is CC(C)(C)c1nc(-c2ccc(-c3ccc4c(c3)C(C)(C)c3ccc5ccccc5c3-4)nc2)nc(-c2cccc(C3C=C(CCCCCCc4ccccc4)C=CC3)c2)n1. The lowest BCUT2D eigenvalue weighted by atomic mass is 9.81. The van der Waals surface area contributed by atoms with E-state index in [9.17, 15) is 0 Å². The van der Waals surface area contributed by atoms with Crippen LogP contribution in [0.25, 0.3) is 55.9 Å². The van der Waals surface area contributed by atoms with E-state index in [1.54, 1.807) is 0 Å². The smallest absolute Gasteiger partial charge is 0.165 e. The van der Waals surface area contributed by atoms with Crippen molar-refractivity contribution in [3.63, 3.8) is 0 Å². The molecule has 59 heavy (non-hydrogen) atoms. The first-order valence-corrected chi connectivity index (χ1v) is 21.5. The maximum Gasteiger partial charge on any atom is 0.165 e. The first kappa shape index (κ1) is 38.5. The van der Waals surface area contributed by atoms with Gasteiger partial charge in [-0.3, -0.25) is 4.98 Å². The summed E-state index contributed by atoms with van der Waals surface area (Å²) < 4.78 is 0. The van der Waals surface area contributed by atoms with E-state index in [-0.39, 0.29) is 10.8 Å². The predicted octanol–water partition coefficient (Wildman–Crippen LogP) is 14.2. The van der Waals surface area contributed by atoms with E-state index >= 15 is 0 Å². The lowest BCUT2D eigenvalue weighted by molar-refractivity contribution is 0.543. The zero-order valence-electron chi connectivity index (χ0n) is 35.2. The van der Waals surface area contributed by atoms with Crippen molar-refractivity contribution < 1.29 is 0 Å². The second-order valence-corrected chi connectivity index (χ2v) is 18.1. The summed E-state index contributed by atoms with van der Waals surface area (Å²) in [6, 6.07) is 44.0. The number of unbranched alkanes of at least 4 members (excludes halogenated alkanes) is 3. The Morgan fingerprint density at radius 1 is 0.644 bits per heavy atom. The highest BCUT2D eigenvalue weighted by Crippen LogP contribution is 2.52. The van der Waals surface area contributed by atoms with Gasteiger partial charge < -0.3 is 0 Å². The van der Waals surface area contributed by atoms with Crippen molar-refractivity contribution in [3.8, 4) is 45.2 Å². The first-order chi connectivity index (χ1) is 28.6. The minimum atomic E-state index is -0.259. The van der Waals surface area contributed by atoms with Crippen LogP contribution in [0.2, 0.25) is 0 Å². The third kappa shape index (κ3) is 7.93. The summed E-state index contributed by atoms with van der Waals surface area (Å²) in [6.45, 7) is 11.2. The monoisotopic (exact) mass is 770 g/mol. The Balaban J connectivity index is 0.935. The van der Waals surface area contributed by atoms with E-state index in [2.05, 4.69) is 174 Å². The molecule has 294 valence electrons. The lowest BCUT2D eigenvalue weighted by Crippen LogP contribution is -2.18. The molecule has 7 aromatic rings. The number of allylic oxidation sites excluding steroid dienone is 4. The third-order valence-corrected chi connectivity index (χ3v) is 12.4. The fraction of sp³-hybridized carbons (Fsp3) is 0.273. The third-order valence-electron chi connectivity index (χ3n) is 12.4. The van der Waals surface area contributed by atoms with Gasteiger partial charge >= 0.3 is 0 Å². The maximum atomic E-state index is 5.10. The summed E-state index contributed by atoms with van der Waals surface area (Å²) in [7, 11) is 0. The summed E-state index contributed by atoms with van der Waals surface area (Å²) in [5.41, 5.74) is 13.2. The highest BCUT2D eigenvalue weighted by atomic mass is 15.0. The standard InChI is InChI=1S/C55H54N4/c1-54(2,3)53-58-51(43-25-16-24-41(34-43)40-23-15-21-38(33-40)20-10-7-6-9-17-37-18-11-8-12-19-37)57-52(59-53)44-29-32-49(56-36-44)42-27-30-46-48(35-42)55(4,5)47-31-28-39-22-13-14-26-45(39)50(46)47/h8,11-16,18-19,21-22,24-36,40H,6-7,9-10,17,20,23H2,1-5H3. The van der Waals surface area contributed by atoms with Crippen LogP contribution in [0.15, 0.2) is 151 Å². The van der Waals surface area contributed by atoms with Crippen LogP contribution in [0, 0.1) is 0 Å². The van der Waals surface area contributed by atoms with Gasteiger partial charge in [-0.2, -0.15) is 0 Å². The van der Waals surface area contributed by atoms with Gasteiger partial charge in [-0.15, -0.1) is 0 Å². The molecule has 5 aromatic carbocycles. The average Bonchev–Trinajstić information content (AvgIpc) is 3.50. The molecule has 0 amide bonds. The molecule has 0 fully saturated rings. The first-order valence-electron chi connectivity index (χ1n) is 21.5. The maximum absolute atomic E-state index is 5.10. The van der Waals surface area contributed by atoms with Crippen molar-refractivity contribution in [3.05, 3.63) is 179 Å². The molecule has 2 heterocycles. The summed E-state index contributed by atoms with van der Waals surface area (Å²) in [6.07, 6.45) is 17.4. The van der Waals surface area contributed by atoms with E-state index in [1.807, 2.05) is 6.20 Å².